The lowest BCUT2D eigenvalue weighted by Crippen LogP contribution is -2.20. The Morgan fingerprint density at radius 1 is 1.00 bits per heavy atom. The third-order valence-electron chi connectivity index (χ3n) is 3.16. The minimum Gasteiger partial charge on any atom is -0.493 e. The first-order chi connectivity index (χ1) is 11.0. The van der Waals surface area contributed by atoms with Crippen molar-refractivity contribution in [2.24, 2.45) is 0 Å². The fourth-order valence-corrected chi connectivity index (χ4v) is 2.76. The second-order valence-corrected chi connectivity index (χ2v) is 6.42. The molecule has 0 radical (unpaired) electrons. The maximum Gasteiger partial charge on any atom is 0.234 e. The fraction of sp³-hybridized carbons (Fsp3) is 0.176. The van der Waals surface area contributed by atoms with Crippen LogP contribution in [0.15, 0.2) is 53.9 Å². The molecule has 0 aliphatic heterocycles. The van der Waals surface area contributed by atoms with Gasteiger partial charge in [0.2, 0.25) is 10.0 Å². The van der Waals surface area contributed by atoms with Crippen molar-refractivity contribution < 1.29 is 17.9 Å². The Bertz CT molecular complexity index is 770. The van der Waals surface area contributed by atoms with Crippen LogP contribution in [0.25, 0.3) is 6.08 Å². The molecule has 0 heterocycles. The summed E-state index contributed by atoms with van der Waals surface area (Å²) in [5.41, 5.74) is 1.60. The van der Waals surface area contributed by atoms with E-state index in [9.17, 15) is 8.42 Å². The van der Waals surface area contributed by atoms with Gasteiger partial charge in [0.1, 0.15) is 0 Å². The Morgan fingerprint density at radius 2 is 1.70 bits per heavy atom. The highest BCUT2D eigenvalue weighted by atomic mass is 32.2. The molecule has 0 aliphatic rings. The Kier molecular flexibility index (Phi) is 5.78. The van der Waals surface area contributed by atoms with Gasteiger partial charge in [0.05, 0.1) is 14.2 Å². The Labute approximate surface area is 136 Å². The number of sulfonamides is 1. The number of hydrogen-bond donors (Lipinski definition) is 1. The summed E-state index contributed by atoms with van der Waals surface area (Å²) in [5, 5.41) is 1.16. The van der Waals surface area contributed by atoms with E-state index in [-0.39, 0.29) is 6.54 Å². The SMILES string of the molecule is COc1ccc(CNS(=O)(=O)/C=C/c2ccccc2)cc1OC. The van der Waals surface area contributed by atoms with E-state index >= 15 is 0 Å². The van der Waals surface area contributed by atoms with Crippen LogP contribution in [0, 0.1) is 0 Å². The molecule has 0 aromatic heterocycles. The van der Waals surface area contributed by atoms with Gasteiger partial charge in [0.25, 0.3) is 0 Å². The van der Waals surface area contributed by atoms with Gasteiger partial charge in [-0.2, -0.15) is 0 Å². The monoisotopic (exact) mass is 333 g/mol. The average molecular weight is 333 g/mol. The van der Waals surface area contributed by atoms with E-state index in [1.165, 1.54) is 7.11 Å². The van der Waals surface area contributed by atoms with Gasteiger partial charge in [-0.15, -0.1) is 0 Å². The van der Waals surface area contributed by atoms with Crippen molar-refractivity contribution in [1.82, 2.24) is 4.72 Å². The van der Waals surface area contributed by atoms with E-state index in [4.69, 9.17) is 9.47 Å². The molecule has 1 N–H and O–H groups in total. The van der Waals surface area contributed by atoms with Gasteiger partial charge in [-0.3, -0.25) is 0 Å². The lowest BCUT2D eigenvalue weighted by molar-refractivity contribution is 0.354. The smallest absolute Gasteiger partial charge is 0.234 e. The normalized spacial score (nSPS) is 11.6. The Balaban J connectivity index is 2.03. The van der Waals surface area contributed by atoms with Crippen LogP contribution < -0.4 is 14.2 Å². The predicted octanol–water partition coefficient (Wildman–Crippen LogP) is 2.79. The van der Waals surface area contributed by atoms with Gasteiger partial charge in [-0.05, 0) is 29.3 Å². The molecule has 0 bridgehead atoms. The van der Waals surface area contributed by atoms with Crippen LogP contribution in [0.4, 0.5) is 0 Å². The second kappa shape index (κ2) is 7.80. The fourth-order valence-electron chi connectivity index (χ4n) is 1.95. The highest BCUT2D eigenvalue weighted by molar-refractivity contribution is 7.92. The van der Waals surface area contributed by atoms with Crippen molar-refractivity contribution in [1.29, 1.82) is 0 Å². The van der Waals surface area contributed by atoms with Crippen molar-refractivity contribution in [2.45, 2.75) is 6.54 Å². The van der Waals surface area contributed by atoms with Gasteiger partial charge in [-0.25, -0.2) is 13.1 Å². The van der Waals surface area contributed by atoms with Crippen LogP contribution in [-0.4, -0.2) is 22.6 Å². The molecule has 5 nitrogen and oxygen atoms in total. The molecule has 6 heteroatoms. The molecule has 0 saturated carbocycles. The summed E-state index contributed by atoms with van der Waals surface area (Å²) in [7, 11) is -0.430. The number of rotatable bonds is 7. The standard InChI is InChI=1S/C17H19NO4S/c1-21-16-9-8-15(12-17(16)22-2)13-18-23(19,20)11-10-14-6-4-3-5-7-14/h3-12,18H,13H2,1-2H3/b11-10+. The largest absolute Gasteiger partial charge is 0.493 e. The lowest BCUT2D eigenvalue weighted by atomic mass is 10.2. The van der Waals surface area contributed by atoms with Crippen LogP contribution in [0.1, 0.15) is 11.1 Å². The molecular weight excluding hydrogens is 314 g/mol. The number of methoxy groups -OCH3 is 2. The summed E-state index contributed by atoms with van der Waals surface area (Å²) in [5.74, 6) is 1.16. The molecule has 0 unspecified atom stereocenters. The van der Waals surface area contributed by atoms with Gasteiger partial charge < -0.3 is 9.47 Å². The second-order valence-electron chi connectivity index (χ2n) is 4.77. The summed E-state index contributed by atoms with van der Waals surface area (Å²) >= 11 is 0. The Hall–Kier alpha value is -2.31. The van der Waals surface area contributed by atoms with Crippen molar-refractivity contribution in [3.63, 3.8) is 0 Å². The van der Waals surface area contributed by atoms with E-state index in [0.717, 1.165) is 16.5 Å². The van der Waals surface area contributed by atoms with Gasteiger partial charge in [0.15, 0.2) is 11.5 Å². The summed E-state index contributed by atoms with van der Waals surface area (Å²) in [6.45, 7) is 0.168. The van der Waals surface area contributed by atoms with Crippen LogP contribution >= 0.6 is 0 Å². The van der Waals surface area contributed by atoms with Crippen LogP contribution in [-0.2, 0) is 16.6 Å². The van der Waals surface area contributed by atoms with Crippen LogP contribution in [0.3, 0.4) is 0 Å². The zero-order chi connectivity index (χ0) is 16.7. The van der Waals surface area contributed by atoms with Gasteiger partial charge >= 0.3 is 0 Å². The minimum atomic E-state index is -3.52. The van der Waals surface area contributed by atoms with E-state index in [0.29, 0.717) is 11.5 Å². The number of ether oxygens (including phenoxy) is 2. The molecule has 0 amide bonds. The van der Waals surface area contributed by atoms with Crippen molar-refractivity contribution in [3.8, 4) is 11.5 Å². The van der Waals surface area contributed by atoms with Gasteiger partial charge in [-0.1, -0.05) is 36.4 Å². The number of benzene rings is 2. The van der Waals surface area contributed by atoms with Crippen molar-refractivity contribution in [2.75, 3.05) is 14.2 Å². The van der Waals surface area contributed by atoms with E-state index < -0.39 is 10.0 Å². The highest BCUT2D eigenvalue weighted by Crippen LogP contribution is 2.27. The molecule has 0 saturated heterocycles. The summed E-state index contributed by atoms with van der Waals surface area (Å²) in [4.78, 5) is 0. The molecule has 2 rings (SSSR count). The average Bonchev–Trinajstić information content (AvgIpc) is 2.59. The molecule has 2 aromatic rings. The Morgan fingerprint density at radius 3 is 2.35 bits per heavy atom. The third-order valence-corrected chi connectivity index (χ3v) is 4.21. The molecule has 23 heavy (non-hydrogen) atoms. The predicted molar refractivity (Wildman–Crippen MR) is 90.8 cm³/mol. The molecular formula is C17H19NO4S. The highest BCUT2D eigenvalue weighted by Gasteiger charge is 2.08. The topological polar surface area (TPSA) is 64.6 Å². The summed E-state index contributed by atoms with van der Waals surface area (Å²) in [6, 6.07) is 14.5. The number of nitrogens with one attached hydrogen (secondary N) is 1. The maximum atomic E-state index is 12.0. The molecule has 2 aromatic carbocycles. The molecule has 0 aliphatic carbocycles. The first kappa shape index (κ1) is 17.1. The zero-order valence-electron chi connectivity index (χ0n) is 13.0. The molecule has 0 spiro atoms. The molecule has 0 fully saturated rings. The zero-order valence-corrected chi connectivity index (χ0v) is 13.8. The van der Waals surface area contributed by atoms with E-state index in [2.05, 4.69) is 4.72 Å². The first-order valence-corrected chi connectivity index (χ1v) is 8.52. The lowest BCUT2D eigenvalue weighted by Gasteiger charge is -2.09. The quantitative estimate of drug-likeness (QED) is 0.846. The molecule has 122 valence electrons. The van der Waals surface area contributed by atoms with E-state index in [1.54, 1.807) is 31.4 Å². The number of hydrogen-bond acceptors (Lipinski definition) is 4. The summed E-state index contributed by atoms with van der Waals surface area (Å²) in [6.07, 6.45) is 1.55. The van der Waals surface area contributed by atoms with E-state index in [1.807, 2.05) is 30.3 Å². The summed E-state index contributed by atoms with van der Waals surface area (Å²) < 4.78 is 36.9. The van der Waals surface area contributed by atoms with Crippen LogP contribution in [0.5, 0.6) is 11.5 Å². The van der Waals surface area contributed by atoms with Gasteiger partial charge in [0, 0.05) is 12.0 Å². The first-order valence-electron chi connectivity index (χ1n) is 6.98. The maximum absolute atomic E-state index is 12.0. The third kappa shape index (κ3) is 5.12. The van der Waals surface area contributed by atoms with Crippen molar-refractivity contribution >= 4 is 16.1 Å². The molecule has 0 atom stereocenters. The van der Waals surface area contributed by atoms with Crippen LogP contribution in [0.2, 0.25) is 0 Å². The minimum absolute atomic E-state index is 0.168. The van der Waals surface area contributed by atoms with Crippen molar-refractivity contribution in [3.05, 3.63) is 65.1 Å².